The second kappa shape index (κ2) is 10.7. The van der Waals surface area contributed by atoms with Gasteiger partial charge in [-0.15, -0.1) is 5.53 Å². The Balaban J connectivity index is 1.05. The molecular weight excluding hydrogens is 480 g/mol. The number of nitrogens with one attached hydrogen (secondary N) is 3. The van der Waals surface area contributed by atoms with Crippen molar-refractivity contribution in [3.63, 3.8) is 0 Å². The molecule has 5 heteroatoms. The van der Waals surface area contributed by atoms with Gasteiger partial charge >= 0.3 is 0 Å². The van der Waals surface area contributed by atoms with Gasteiger partial charge in [0.1, 0.15) is 0 Å². The molecular formula is C34H38N4O. The van der Waals surface area contributed by atoms with Crippen LogP contribution in [0.4, 0.5) is 11.4 Å². The smallest absolute Gasteiger partial charge is 0.224 e. The lowest BCUT2D eigenvalue weighted by Crippen LogP contribution is -2.36. The first-order chi connectivity index (χ1) is 19.0. The van der Waals surface area contributed by atoms with Crippen LogP contribution in [0.15, 0.2) is 88.8 Å². The first-order valence-corrected chi connectivity index (χ1v) is 14.3. The van der Waals surface area contributed by atoms with Crippen LogP contribution in [0.1, 0.15) is 75.1 Å². The van der Waals surface area contributed by atoms with Crippen LogP contribution in [0.3, 0.4) is 0 Å². The molecule has 1 aliphatic heterocycles. The Hall–Kier alpha value is -3.83. The Morgan fingerprint density at radius 1 is 1.05 bits per heavy atom. The number of anilines is 2. The van der Waals surface area contributed by atoms with Gasteiger partial charge in [0.2, 0.25) is 5.91 Å². The fourth-order valence-electron chi connectivity index (χ4n) is 6.45. The number of hydrogen-bond donors (Lipinski definition) is 3. The summed E-state index contributed by atoms with van der Waals surface area (Å²) in [6, 6.07) is 12.6. The maximum Gasteiger partial charge on any atom is 0.224 e. The summed E-state index contributed by atoms with van der Waals surface area (Å²) in [4.78, 5) is 12.8. The average Bonchev–Trinajstić information content (AvgIpc) is 3.42. The molecule has 3 aliphatic carbocycles. The highest BCUT2D eigenvalue weighted by Crippen LogP contribution is 2.45. The van der Waals surface area contributed by atoms with E-state index < -0.39 is 0 Å². The summed E-state index contributed by atoms with van der Waals surface area (Å²) in [7, 11) is 0. The van der Waals surface area contributed by atoms with Gasteiger partial charge < -0.3 is 10.7 Å². The number of amides is 1. The zero-order valence-electron chi connectivity index (χ0n) is 23.3. The number of benzene rings is 2. The highest BCUT2D eigenvalue weighted by atomic mass is 16.1. The first kappa shape index (κ1) is 25.4. The van der Waals surface area contributed by atoms with E-state index in [0.717, 1.165) is 55.6 Å². The Labute approximate surface area is 232 Å². The number of rotatable bonds is 8. The van der Waals surface area contributed by atoms with Gasteiger partial charge in [0.25, 0.3) is 0 Å². The van der Waals surface area contributed by atoms with Crippen molar-refractivity contribution in [1.29, 1.82) is 0 Å². The van der Waals surface area contributed by atoms with Crippen molar-refractivity contribution < 1.29 is 4.79 Å². The minimum atomic E-state index is 0.0678. The number of aryl methyl sites for hydroxylation is 2. The molecule has 2 aromatic rings. The topological polar surface area (TPSA) is 56.4 Å². The molecule has 1 amide bonds. The van der Waals surface area contributed by atoms with E-state index in [-0.39, 0.29) is 5.91 Å². The van der Waals surface area contributed by atoms with E-state index in [0.29, 0.717) is 6.42 Å². The van der Waals surface area contributed by atoms with Crippen molar-refractivity contribution in [3.8, 4) is 0 Å². The third-order valence-corrected chi connectivity index (χ3v) is 8.40. The van der Waals surface area contributed by atoms with E-state index >= 15 is 0 Å². The standard InChI is InChI=1S/C34H38N4O/c1-4-29(22(2)3)31-21-38(37-36-31)28-18-16-27(17-19-28)35-32(39)10-6-7-23-11-12-26-14-13-24-8-5-9-25-15-20-30(23)34(26)33(24)25/h5,9,11-12,15-19,21,36-37H,4,6-8,10,13-14,20H2,1-3H3,(H,35,39). The van der Waals surface area contributed by atoms with Crippen molar-refractivity contribution in [2.75, 3.05) is 10.3 Å². The lowest BCUT2D eigenvalue weighted by Gasteiger charge is -2.32. The van der Waals surface area contributed by atoms with E-state index in [1.54, 1.807) is 5.57 Å². The summed E-state index contributed by atoms with van der Waals surface area (Å²) >= 11 is 0. The van der Waals surface area contributed by atoms with Crippen LogP contribution in [-0.2, 0) is 24.1 Å². The van der Waals surface area contributed by atoms with Gasteiger partial charge in [0, 0.05) is 18.3 Å². The summed E-state index contributed by atoms with van der Waals surface area (Å²) in [5, 5.41) is 5.04. The highest BCUT2D eigenvalue weighted by Gasteiger charge is 2.28. The molecule has 0 spiro atoms. The molecule has 0 aromatic heterocycles. The molecule has 0 fully saturated rings. The maximum absolute atomic E-state index is 12.8. The van der Waals surface area contributed by atoms with E-state index in [9.17, 15) is 4.79 Å². The molecule has 4 aliphatic rings. The quantitative estimate of drug-likeness (QED) is 0.346. The Bertz CT molecular complexity index is 1470. The molecule has 0 atom stereocenters. The predicted molar refractivity (Wildman–Crippen MR) is 161 cm³/mol. The fraction of sp³-hybridized carbons (Fsp3) is 0.324. The second-order valence-electron chi connectivity index (χ2n) is 11.1. The third kappa shape index (κ3) is 4.99. The third-order valence-electron chi connectivity index (χ3n) is 8.40. The van der Waals surface area contributed by atoms with Gasteiger partial charge in [0.05, 0.1) is 11.4 Å². The van der Waals surface area contributed by atoms with Crippen molar-refractivity contribution in [2.45, 2.75) is 72.1 Å². The number of nitrogens with zero attached hydrogens (tertiary/aromatic N) is 1. The van der Waals surface area contributed by atoms with Crippen molar-refractivity contribution in [3.05, 3.63) is 111 Å². The van der Waals surface area contributed by atoms with Crippen LogP contribution in [0.2, 0.25) is 0 Å². The molecule has 1 heterocycles. The summed E-state index contributed by atoms with van der Waals surface area (Å²) in [5.41, 5.74) is 22.4. The number of hydrogen-bond acceptors (Lipinski definition) is 4. The van der Waals surface area contributed by atoms with Crippen LogP contribution < -0.4 is 21.3 Å². The van der Waals surface area contributed by atoms with Gasteiger partial charge in [-0.25, -0.2) is 0 Å². The summed E-state index contributed by atoms with van der Waals surface area (Å²) in [6.45, 7) is 6.44. The van der Waals surface area contributed by atoms with E-state index in [4.69, 9.17) is 0 Å². The zero-order chi connectivity index (χ0) is 26.9. The number of carbonyl (C=O) groups is 1. The largest absolute Gasteiger partial charge is 0.326 e. The van der Waals surface area contributed by atoms with Crippen LogP contribution in [-0.4, -0.2) is 5.91 Å². The number of carbonyl (C=O) groups excluding carboxylic acids is 1. The Morgan fingerprint density at radius 3 is 2.69 bits per heavy atom. The first-order valence-electron chi connectivity index (χ1n) is 14.3. The Kier molecular flexibility index (Phi) is 7.01. The summed E-state index contributed by atoms with van der Waals surface area (Å²) in [6.07, 6.45) is 16.8. The minimum Gasteiger partial charge on any atom is -0.326 e. The lowest BCUT2D eigenvalue weighted by molar-refractivity contribution is -0.116. The predicted octanol–water partition coefficient (Wildman–Crippen LogP) is 7.21. The molecule has 3 N–H and O–H groups in total. The second-order valence-corrected chi connectivity index (χ2v) is 11.1. The highest BCUT2D eigenvalue weighted by molar-refractivity contribution is 5.92. The van der Waals surface area contributed by atoms with Crippen molar-refractivity contribution in [2.24, 2.45) is 0 Å². The minimum absolute atomic E-state index is 0.0678. The molecule has 0 bridgehead atoms. The number of allylic oxidation sites excluding steroid dienone is 8. The summed E-state index contributed by atoms with van der Waals surface area (Å²) in [5.74, 6) is 0.0678. The fourth-order valence-corrected chi connectivity index (χ4v) is 6.45. The average molecular weight is 519 g/mol. The van der Waals surface area contributed by atoms with Crippen LogP contribution in [0.5, 0.6) is 0 Å². The van der Waals surface area contributed by atoms with Gasteiger partial charge in [-0.1, -0.05) is 48.4 Å². The molecule has 0 saturated heterocycles. The maximum atomic E-state index is 12.8. The lowest BCUT2D eigenvalue weighted by atomic mass is 9.72. The molecule has 0 radical (unpaired) electrons. The monoisotopic (exact) mass is 518 g/mol. The SMILES string of the molecule is CCC(C1=CN(c2ccc(NC(=O)CCCc3ccc4c5c3CC=C3C=CCC(=C35)CC4)cc2)NN1)=C(C)C. The van der Waals surface area contributed by atoms with Crippen molar-refractivity contribution in [1.82, 2.24) is 11.0 Å². The normalized spacial score (nSPS) is 16.8. The van der Waals surface area contributed by atoms with Crippen molar-refractivity contribution >= 4 is 22.9 Å². The molecule has 2 aromatic carbocycles. The molecule has 6 rings (SSSR count). The van der Waals surface area contributed by atoms with E-state index in [1.165, 1.54) is 51.0 Å². The van der Waals surface area contributed by atoms with E-state index in [2.05, 4.69) is 73.6 Å². The van der Waals surface area contributed by atoms with Crippen LogP contribution >= 0.6 is 0 Å². The van der Waals surface area contributed by atoms with Gasteiger partial charge in [-0.05, 0) is 122 Å². The number of hydrazine groups is 2. The van der Waals surface area contributed by atoms with Gasteiger partial charge in [-0.3, -0.25) is 9.80 Å². The Morgan fingerprint density at radius 2 is 1.90 bits per heavy atom. The summed E-state index contributed by atoms with van der Waals surface area (Å²) < 4.78 is 0. The van der Waals surface area contributed by atoms with Crippen LogP contribution in [0.25, 0.3) is 5.57 Å². The molecule has 5 nitrogen and oxygen atoms in total. The van der Waals surface area contributed by atoms with Gasteiger partial charge in [0.15, 0.2) is 0 Å². The van der Waals surface area contributed by atoms with E-state index in [1.807, 2.05) is 29.3 Å². The zero-order valence-corrected chi connectivity index (χ0v) is 23.3. The van der Waals surface area contributed by atoms with Gasteiger partial charge in [-0.2, -0.15) is 0 Å². The molecule has 0 saturated carbocycles. The molecule has 200 valence electrons. The van der Waals surface area contributed by atoms with Crippen LogP contribution in [0, 0.1) is 0 Å². The molecule has 39 heavy (non-hydrogen) atoms. The molecule has 0 unspecified atom stereocenters.